The lowest BCUT2D eigenvalue weighted by Crippen LogP contribution is -2.43. The van der Waals surface area contributed by atoms with Crippen LogP contribution in [-0.2, 0) is 4.74 Å². The topological polar surface area (TPSA) is 125 Å². The lowest BCUT2D eigenvalue weighted by molar-refractivity contribution is 0.0181. The number of aromatic nitrogens is 2. The summed E-state index contributed by atoms with van der Waals surface area (Å²) in [6.07, 6.45) is 2.97. The maximum absolute atomic E-state index is 15.1. The highest BCUT2D eigenvalue weighted by molar-refractivity contribution is 5.98. The van der Waals surface area contributed by atoms with E-state index < -0.39 is 36.3 Å². The first kappa shape index (κ1) is 26.8. The third-order valence-corrected chi connectivity index (χ3v) is 6.03. The molecule has 4 aromatic rings. The van der Waals surface area contributed by atoms with Gasteiger partial charge in [0.15, 0.2) is 23.1 Å². The largest absolute Gasteiger partial charge is 0.490 e. The number of aliphatic hydroxyl groups excluding tert-OH is 1. The number of pyridine rings is 1. The molecule has 0 unspecified atom stereocenters. The van der Waals surface area contributed by atoms with Crippen LogP contribution in [0.25, 0.3) is 22.2 Å². The summed E-state index contributed by atoms with van der Waals surface area (Å²) < 4.78 is 60.7. The highest BCUT2D eigenvalue weighted by atomic mass is 19.1. The molecule has 1 aliphatic heterocycles. The van der Waals surface area contributed by atoms with Gasteiger partial charge in [0.25, 0.3) is 6.02 Å². The molecule has 3 N–H and O–H groups in total. The standard InChI is InChI=1S/C28H24F3N5O4/c1-15(2)39-22-4-3-16(7-17(22)10-32)19-11-34-26-24(19)23(5-6-33-26)40-25-20(29)8-18(9-21(25)30)36-27-35-12-28(31,13-37)14-38-27/h3-9,11,15,37H,12-14H2,1-2H3,(H,33,34)(H,35,36)/t28-/m0/s1. The smallest absolute Gasteiger partial charge is 0.289 e. The predicted octanol–water partition coefficient (Wildman–Crippen LogP) is 5.46. The average Bonchev–Trinajstić information content (AvgIpc) is 3.37. The lowest BCUT2D eigenvalue weighted by atomic mass is 10.0. The molecule has 0 saturated heterocycles. The van der Waals surface area contributed by atoms with Crippen LogP contribution in [0.15, 0.2) is 53.8 Å². The summed E-state index contributed by atoms with van der Waals surface area (Å²) in [5, 5.41) is 21.7. The van der Waals surface area contributed by atoms with Crippen molar-refractivity contribution in [1.82, 2.24) is 9.97 Å². The molecule has 5 rings (SSSR count). The summed E-state index contributed by atoms with van der Waals surface area (Å²) in [4.78, 5) is 11.1. The van der Waals surface area contributed by atoms with Crippen molar-refractivity contribution in [2.75, 3.05) is 25.1 Å². The molecular formula is C28H24F3N5O4. The second kappa shape index (κ2) is 10.8. The molecule has 12 heteroatoms. The van der Waals surface area contributed by atoms with Gasteiger partial charge < -0.3 is 29.6 Å². The van der Waals surface area contributed by atoms with Crippen molar-refractivity contribution in [3.63, 3.8) is 0 Å². The van der Waals surface area contributed by atoms with Crippen LogP contribution in [0.4, 0.5) is 18.9 Å². The highest BCUT2D eigenvalue weighted by Gasteiger charge is 2.34. The molecule has 0 radical (unpaired) electrons. The van der Waals surface area contributed by atoms with Crippen LogP contribution >= 0.6 is 0 Å². The van der Waals surface area contributed by atoms with E-state index >= 15 is 8.78 Å². The van der Waals surface area contributed by atoms with E-state index in [4.69, 9.17) is 19.3 Å². The number of aromatic amines is 1. The summed E-state index contributed by atoms with van der Waals surface area (Å²) in [6.45, 7) is 2.13. The fraction of sp³-hybridized carbons (Fsp3) is 0.250. The zero-order valence-electron chi connectivity index (χ0n) is 21.5. The van der Waals surface area contributed by atoms with Gasteiger partial charge in [-0.1, -0.05) is 6.07 Å². The van der Waals surface area contributed by atoms with Crippen molar-refractivity contribution in [2.24, 2.45) is 4.99 Å². The molecule has 0 aliphatic carbocycles. The number of hydrogen-bond acceptors (Lipinski definition) is 8. The monoisotopic (exact) mass is 551 g/mol. The number of aliphatic imine (C=N–C) groups is 1. The van der Waals surface area contributed by atoms with Crippen LogP contribution in [0.2, 0.25) is 0 Å². The van der Waals surface area contributed by atoms with E-state index in [-0.39, 0.29) is 30.1 Å². The summed E-state index contributed by atoms with van der Waals surface area (Å²) in [6, 6.07) is 10.5. The minimum Gasteiger partial charge on any atom is -0.490 e. The van der Waals surface area contributed by atoms with Crippen molar-refractivity contribution < 1.29 is 32.5 Å². The normalized spacial score (nSPS) is 16.8. The zero-order valence-corrected chi connectivity index (χ0v) is 21.5. The van der Waals surface area contributed by atoms with Crippen molar-refractivity contribution in [3.05, 3.63) is 66.0 Å². The zero-order chi connectivity index (χ0) is 28.4. The van der Waals surface area contributed by atoms with E-state index in [0.717, 1.165) is 12.1 Å². The van der Waals surface area contributed by atoms with E-state index in [1.54, 1.807) is 24.4 Å². The summed E-state index contributed by atoms with van der Waals surface area (Å²) in [5.41, 5.74) is -0.0644. The van der Waals surface area contributed by atoms with Gasteiger partial charge in [-0.3, -0.25) is 0 Å². The van der Waals surface area contributed by atoms with Crippen LogP contribution in [0.3, 0.4) is 0 Å². The predicted molar refractivity (Wildman–Crippen MR) is 141 cm³/mol. The molecule has 40 heavy (non-hydrogen) atoms. The van der Waals surface area contributed by atoms with Crippen molar-refractivity contribution >= 4 is 22.7 Å². The number of ether oxygens (including phenoxy) is 3. The number of amidine groups is 1. The minimum atomic E-state index is -2.01. The Morgan fingerprint density at radius 1 is 1.20 bits per heavy atom. The Labute approximate surface area is 226 Å². The molecule has 206 valence electrons. The van der Waals surface area contributed by atoms with Crippen molar-refractivity contribution in [2.45, 2.75) is 25.6 Å². The molecule has 0 saturated carbocycles. The molecule has 0 bridgehead atoms. The number of benzene rings is 2. The molecule has 0 fully saturated rings. The van der Waals surface area contributed by atoms with Crippen molar-refractivity contribution in [3.8, 4) is 34.4 Å². The number of hydrogen-bond donors (Lipinski definition) is 3. The third-order valence-electron chi connectivity index (χ3n) is 6.03. The molecule has 9 nitrogen and oxygen atoms in total. The fourth-order valence-electron chi connectivity index (χ4n) is 4.12. The second-order valence-electron chi connectivity index (χ2n) is 9.44. The molecule has 1 aliphatic rings. The maximum Gasteiger partial charge on any atom is 0.289 e. The number of nitriles is 1. The number of fused-ring (bicyclic) bond motifs is 1. The Bertz CT molecular complexity index is 1630. The molecule has 2 aromatic heterocycles. The Morgan fingerprint density at radius 2 is 1.98 bits per heavy atom. The Kier molecular flexibility index (Phi) is 7.23. The van der Waals surface area contributed by atoms with Crippen LogP contribution in [0.5, 0.6) is 17.2 Å². The van der Waals surface area contributed by atoms with E-state index in [1.807, 2.05) is 13.8 Å². The van der Waals surface area contributed by atoms with Gasteiger partial charge in [0.05, 0.1) is 30.2 Å². The number of nitrogens with one attached hydrogen (secondary N) is 2. The van der Waals surface area contributed by atoms with Crippen LogP contribution in [0.1, 0.15) is 19.4 Å². The summed E-state index contributed by atoms with van der Waals surface area (Å²) in [7, 11) is 0. The van der Waals surface area contributed by atoms with Gasteiger partial charge in [-0.2, -0.15) is 5.26 Å². The van der Waals surface area contributed by atoms with Crippen molar-refractivity contribution in [1.29, 1.82) is 5.26 Å². The van der Waals surface area contributed by atoms with Crippen LogP contribution in [0, 0.1) is 23.0 Å². The summed E-state index contributed by atoms with van der Waals surface area (Å²) in [5.74, 6) is -2.12. The molecule has 0 spiro atoms. The van der Waals surface area contributed by atoms with Gasteiger partial charge in [-0.25, -0.2) is 23.1 Å². The first-order chi connectivity index (χ1) is 19.2. The molecular weight excluding hydrogens is 527 g/mol. The minimum absolute atomic E-state index is 0.0357. The highest BCUT2D eigenvalue weighted by Crippen LogP contribution is 2.39. The Balaban J connectivity index is 1.45. The molecule has 1 atom stereocenters. The van der Waals surface area contributed by atoms with Gasteiger partial charge in [0.1, 0.15) is 29.8 Å². The first-order valence-corrected chi connectivity index (χ1v) is 12.3. The molecule has 0 amide bonds. The SMILES string of the molecule is CC(C)Oc1ccc(-c2c[nH]c3nccc(Oc4c(F)cc(NC5=NC[C@](F)(CO)CO5)cc4F)c23)cc1C#N. The number of alkyl halides is 1. The maximum atomic E-state index is 15.1. The third kappa shape index (κ3) is 5.37. The first-order valence-electron chi connectivity index (χ1n) is 12.3. The number of anilines is 1. The summed E-state index contributed by atoms with van der Waals surface area (Å²) >= 11 is 0. The average molecular weight is 552 g/mol. The number of rotatable bonds is 7. The number of aliphatic hydroxyl groups is 1. The second-order valence-corrected chi connectivity index (χ2v) is 9.44. The van der Waals surface area contributed by atoms with Gasteiger partial charge in [-0.15, -0.1) is 0 Å². The Hall–Kier alpha value is -4.76. The van der Waals surface area contributed by atoms with E-state index in [1.165, 1.54) is 12.3 Å². The van der Waals surface area contributed by atoms with Gasteiger partial charge in [0.2, 0.25) is 0 Å². The quantitative estimate of drug-likeness (QED) is 0.279. The van der Waals surface area contributed by atoms with Gasteiger partial charge >= 0.3 is 0 Å². The molecule has 3 heterocycles. The Morgan fingerprint density at radius 3 is 2.62 bits per heavy atom. The fourth-order valence-corrected chi connectivity index (χ4v) is 4.12. The number of halogens is 3. The molecule has 2 aromatic carbocycles. The van der Waals surface area contributed by atoms with E-state index in [2.05, 4.69) is 26.3 Å². The van der Waals surface area contributed by atoms with Gasteiger partial charge in [-0.05, 0) is 37.6 Å². The van der Waals surface area contributed by atoms with E-state index in [0.29, 0.717) is 33.5 Å². The van der Waals surface area contributed by atoms with Crippen LogP contribution in [-0.4, -0.2) is 52.6 Å². The number of H-pyrrole nitrogens is 1. The van der Waals surface area contributed by atoms with Crippen LogP contribution < -0.4 is 14.8 Å². The number of nitrogens with zero attached hydrogens (tertiary/aromatic N) is 3. The van der Waals surface area contributed by atoms with Gasteiger partial charge in [0, 0.05) is 35.8 Å². The van der Waals surface area contributed by atoms with E-state index in [9.17, 15) is 9.65 Å². The lowest BCUT2D eigenvalue weighted by Gasteiger charge is -2.26.